The first-order valence-corrected chi connectivity index (χ1v) is 10.2. The van der Waals surface area contributed by atoms with Crippen LogP contribution in [-0.4, -0.2) is 75.9 Å². The van der Waals surface area contributed by atoms with Crippen LogP contribution in [0.1, 0.15) is 42.5 Å². The van der Waals surface area contributed by atoms with Gasteiger partial charge in [-0.2, -0.15) is 15.4 Å². The number of ether oxygens (including phenoxy) is 1. The SMILES string of the molecule is O=C(c1ccc2n[nH]nc2c1)N1CCC2(CC1)CC(CN1CCCC1)OC2=O. The monoisotopic (exact) mass is 383 g/mol. The van der Waals surface area contributed by atoms with Gasteiger partial charge in [0.2, 0.25) is 0 Å². The van der Waals surface area contributed by atoms with E-state index in [0.717, 1.165) is 31.6 Å². The van der Waals surface area contributed by atoms with Gasteiger partial charge in [0.25, 0.3) is 5.91 Å². The Balaban J connectivity index is 1.22. The van der Waals surface area contributed by atoms with E-state index in [0.29, 0.717) is 37.0 Å². The van der Waals surface area contributed by atoms with Crippen molar-refractivity contribution in [3.63, 3.8) is 0 Å². The molecule has 1 aromatic carbocycles. The smallest absolute Gasteiger partial charge is 0.312 e. The zero-order valence-electron chi connectivity index (χ0n) is 15.9. The van der Waals surface area contributed by atoms with Crippen molar-refractivity contribution in [3.05, 3.63) is 23.8 Å². The molecule has 3 fully saturated rings. The molecule has 0 radical (unpaired) electrons. The number of amides is 1. The van der Waals surface area contributed by atoms with E-state index in [1.165, 1.54) is 12.8 Å². The van der Waals surface area contributed by atoms with Crippen LogP contribution < -0.4 is 0 Å². The Labute approximate surface area is 163 Å². The number of hydrogen-bond acceptors (Lipinski definition) is 6. The Bertz CT molecular complexity index is 896. The molecule has 0 aliphatic carbocycles. The lowest BCUT2D eigenvalue weighted by Gasteiger charge is -2.36. The van der Waals surface area contributed by atoms with Gasteiger partial charge >= 0.3 is 5.97 Å². The molecule has 3 aliphatic heterocycles. The zero-order valence-corrected chi connectivity index (χ0v) is 15.9. The average molecular weight is 383 g/mol. The van der Waals surface area contributed by atoms with Crippen LogP contribution in [0.3, 0.4) is 0 Å². The fraction of sp³-hybridized carbons (Fsp3) is 0.600. The number of fused-ring (bicyclic) bond motifs is 1. The molecule has 8 nitrogen and oxygen atoms in total. The van der Waals surface area contributed by atoms with Crippen LogP contribution in [0.4, 0.5) is 0 Å². The Morgan fingerprint density at radius 1 is 1.14 bits per heavy atom. The van der Waals surface area contributed by atoms with Gasteiger partial charge in [-0.05, 0) is 57.0 Å². The number of carbonyl (C=O) groups excluding carboxylic acids is 2. The van der Waals surface area contributed by atoms with Gasteiger partial charge in [0, 0.05) is 31.6 Å². The predicted molar refractivity (Wildman–Crippen MR) is 102 cm³/mol. The number of piperidine rings is 1. The van der Waals surface area contributed by atoms with Gasteiger partial charge in [-0.3, -0.25) is 14.5 Å². The molecule has 0 saturated carbocycles. The largest absolute Gasteiger partial charge is 0.461 e. The van der Waals surface area contributed by atoms with E-state index in [2.05, 4.69) is 20.3 Å². The highest BCUT2D eigenvalue weighted by atomic mass is 16.6. The number of esters is 1. The fourth-order valence-electron chi connectivity index (χ4n) is 4.89. The summed E-state index contributed by atoms with van der Waals surface area (Å²) in [5, 5.41) is 10.6. The van der Waals surface area contributed by atoms with Crippen LogP contribution in [-0.2, 0) is 9.53 Å². The number of aromatic amines is 1. The summed E-state index contributed by atoms with van der Waals surface area (Å²) in [6.07, 6.45) is 4.63. The van der Waals surface area contributed by atoms with E-state index in [9.17, 15) is 9.59 Å². The zero-order chi connectivity index (χ0) is 19.1. The lowest BCUT2D eigenvalue weighted by molar-refractivity contribution is -0.150. The molecular weight excluding hydrogens is 358 g/mol. The second-order valence-electron chi connectivity index (χ2n) is 8.34. The highest BCUT2D eigenvalue weighted by Gasteiger charge is 2.51. The molecule has 2 aromatic rings. The van der Waals surface area contributed by atoms with Crippen LogP contribution in [0.2, 0.25) is 0 Å². The Kier molecular flexibility index (Phi) is 4.30. The summed E-state index contributed by atoms with van der Waals surface area (Å²) in [7, 11) is 0. The average Bonchev–Trinajstić information content (AvgIpc) is 3.43. The second kappa shape index (κ2) is 6.84. The molecule has 8 heteroatoms. The third-order valence-corrected chi connectivity index (χ3v) is 6.56. The van der Waals surface area contributed by atoms with E-state index in [4.69, 9.17) is 4.74 Å². The standard InChI is InChI=1S/C20H25N5O3/c26-18(14-3-4-16-17(11-14)22-23-21-16)25-9-5-20(6-10-25)12-15(28-19(20)27)13-24-7-1-2-8-24/h3-4,11,15H,1-2,5-10,12-13H2,(H,21,22,23). The second-order valence-corrected chi connectivity index (χ2v) is 8.34. The molecular formula is C20H25N5O3. The van der Waals surface area contributed by atoms with Gasteiger partial charge in [0.1, 0.15) is 17.1 Å². The normalized spacial score (nSPS) is 24.9. The number of carbonyl (C=O) groups is 2. The predicted octanol–water partition coefficient (Wildman–Crippen LogP) is 1.59. The summed E-state index contributed by atoms with van der Waals surface area (Å²) in [6, 6.07) is 5.35. The minimum absolute atomic E-state index is 0.00224. The molecule has 3 aliphatic rings. The Morgan fingerprint density at radius 2 is 1.89 bits per heavy atom. The first-order chi connectivity index (χ1) is 13.6. The molecule has 4 heterocycles. The van der Waals surface area contributed by atoms with Crippen molar-refractivity contribution in [2.24, 2.45) is 5.41 Å². The molecule has 1 atom stereocenters. The maximum atomic E-state index is 12.9. The number of hydrogen-bond donors (Lipinski definition) is 1. The van der Waals surface area contributed by atoms with Gasteiger partial charge in [-0.15, -0.1) is 0 Å². The molecule has 28 heavy (non-hydrogen) atoms. The van der Waals surface area contributed by atoms with Crippen molar-refractivity contribution in [1.29, 1.82) is 0 Å². The molecule has 1 unspecified atom stereocenters. The van der Waals surface area contributed by atoms with Gasteiger partial charge in [0.15, 0.2) is 0 Å². The number of cyclic esters (lactones) is 1. The van der Waals surface area contributed by atoms with Crippen LogP contribution in [0.15, 0.2) is 18.2 Å². The van der Waals surface area contributed by atoms with Crippen LogP contribution in [0.25, 0.3) is 11.0 Å². The summed E-state index contributed by atoms with van der Waals surface area (Å²) in [5.74, 6) is -0.0763. The van der Waals surface area contributed by atoms with Crippen LogP contribution in [0, 0.1) is 5.41 Å². The maximum absolute atomic E-state index is 12.9. The van der Waals surface area contributed by atoms with Crippen LogP contribution >= 0.6 is 0 Å². The van der Waals surface area contributed by atoms with Gasteiger partial charge in [0.05, 0.1) is 5.41 Å². The van der Waals surface area contributed by atoms with E-state index in [-0.39, 0.29) is 18.0 Å². The lowest BCUT2D eigenvalue weighted by atomic mass is 9.76. The number of H-pyrrole nitrogens is 1. The van der Waals surface area contributed by atoms with Crippen molar-refractivity contribution >= 4 is 22.9 Å². The highest BCUT2D eigenvalue weighted by molar-refractivity contribution is 5.97. The molecule has 1 N–H and O–H groups in total. The van der Waals surface area contributed by atoms with Crippen molar-refractivity contribution in [2.75, 3.05) is 32.7 Å². The fourth-order valence-corrected chi connectivity index (χ4v) is 4.89. The lowest BCUT2D eigenvalue weighted by Crippen LogP contribution is -2.45. The van der Waals surface area contributed by atoms with E-state index < -0.39 is 5.41 Å². The summed E-state index contributed by atoms with van der Waals surface area (Å²) in [6.45, 7) is 4.24. The number of aromatic nitrogens is 3. The van der Waals surface area contributed by atoms with Crippen molar-refractivity contribution in [3.8, 4) is 0 Å². The van der Waals surface area contributed by atoms with E-state index >= 15 is 0 Å². The van der Waals surface area contributed by atoms with Crippen molar-refractivity contribution < 1.29 is 14.3 Å². The summed E-state index contributed by atoms with van der Waals surface area (Å²) in [4.78, 5) is 29.8. The van der Waals surface area contributed by atoms with Gasteiger partial charge in [-0.1, -0.05) is 0 Å². The number of rotatable bonds is 3. The minimum Gasteiger partial charge on any atom is -0.461 e. The summed E-state index contributed by atoms with van der Waals surface area (Å²) >= 11 is 0. The number of nitrogens with zero attached hydrogens (tertiary/aromatic N) is 4. The molecule has 0 bridgehead atoms. The minimum atomic E-state index is -0.406. The number of nitrogens with one attached hydrogen (secondary N) is 1. The third kappa shape index (κ3) is 3.05. The Hall–Kier alpha value is -2.48. The number of benzene rings is 1. The van der Waals surface area contributed by atoms with Crippen molar-refractivity contribution in [1.82, 2.24) is 25.2 Å². The highest BCUT2D eigenvalue weighted by Crippen LogP contribution is 2.43. The molecule has 1 spiro atoms. The van der Waals surface area contributed by atoms with E-state index in [1.807, 2.05) is 4.90 Å². The third-order valence-electron chi connectivity index (χ3n) is 6.56. The molecule has 3 saturated heterocycles. The molecule has 5 rings (SSSR count). The molecule has 1 amide bonds. The number of likely N-dealkylation sites (tertiary alicyclic amines) is 2. The molecule has 1 aromatic heterocycles. The Morgan fingerprint density at radius 3 is 2.68 bits per heavy atom. The van der Waals surface area contributed by atoms with Crippen molar-refractivity contribution in [2.45, 2.75) is 38.2 Å². The quantitative estimate of drug-likeness (QED) is 0.810. The van der Waals surface area contributed by atoms with E-state index in [1.54, 1.807) is 18.2 Å². The maximum Gasteiger partial charge on any atom is 0.312 e. The van der Waals surface area contributed by atoms with Gasteiger partial charge in [-0.25, -0.2) is 0 Å². The molecule has 148 valence electrons. The van der Waals surface area contributed by atoms with Gasteiger partial charge < -0.3 is 9.64 Å². The first-order valence-electron chi connectivity index (χ1n) is 10.2. The van der Waals surface area contributed by atoms with Crippen LogP contribution in [0.5, 0.6) is 0 Å². The first kappa shape index (κ1) is 17.6. The summed E-state index contributed by atoms with van der Waals surface area (Å²) < 4.78 is 5.73. The topological polar surface area (TPSA) is 91.4 Å². The summed E-state index contributed by atoms with van der Waals surface area (Å²) in [5.41, 5.74) is 1.63.